The molecule has 0 bridgehead atoms. The van der Waals surface area contributed by atoms with E-state index in [4.69, 9.17) is 4.42 Å². The molecule has 2 atom stereocenters. The van der Waals surface area contributed by atoms with Crippen molar-refractivity contribution in [3.63, 3.8) is 0 Å². The van der Waals surface area contributed by atoms with E-state index in [1.807, 2.05) is 25.5 Å². The minimum absolute atomic E-state index is 0.00135. The maximum Gasteiger partial charge on any atom is 0.225 e. The molecule has 0 aromatic carbocycles. The molecule has 0 unspecified atom stereocenters. The summed E-state index contributed by atoms with van der Waals surface area (Å²) in [6, 6.07) is 5.84. The van der Waals surface area contributed by atoms with E-state index in [2.05, 4.69) is 21.7 Å². The first kappa shape index (κ1) is 17.7. The first-order valence-corrected chi connectivity index (χ1v) is 9.25. The van der Waals surface area contributed by atoms with Crippen molar-refractivity contribution in [3.05, 3.63) is 46.5 Å². The monoisotopic (exact) mass is 361 g/mol. The van der Waals surface area contributed by atoms with E-state index in [1.165, 1.54) is 5.56 Å². The highest BCUT2D eigenvalue weighted by Crippen LogP contribution is 2.22. The van der Waals surface area contributed by atoms with Crippen LogP contribution in [0.2, 0.25) is 0 Å². The Hall–Kier alpha value is -2.12. The van der Waals surface area contributed by atoms with Crippen molar-refractivity contribution in [2.75, 3.05) is 27.2 Å². The van der Waals surface area contributed by atoms with Gasteiger partial charge in [0.1, 0.15) is 5.76 Å². The largest absolute Gasteiger partial charge is 0.467 e. The Balaban J connectivity index is 1.54. The molecule has 2 amide bonds. The molecular formula is C18H23N3O3S. The summed E-state index contributed by atoms with van der Waals surface area (Å²) in [6.07, 6.45) is 1.85. The Bertz CT molecular complexity index is 697. The van der Waals surface area contributed by atoms with Gasteiger partial charge in [-0.1, -0.05) is 0 Å². The van der Waals surface area contributed by atoms with Crippen LogP contribution < -0.4 is 5.32 Å². The first-order valence-electron chi connectivity index (χ1n) is 8.31. The summed E-state index contributed by atoms with van der Waals surface area (Å²) in [6.45, 7) is 1.40. The van der Waals surface area contributed by atoms with Crippen LogP contribution in [0.3, 0.4) is 0 Å². The highest BCUT2D eigenvalue weighted by Gasteiger charge is 2.34. The molecule has 2 aromatic heterocycles. The summed E-state index contributed by atoms with van der Waals surface area (Å²) in [5, 5.41) is 7.15. The van der Waals surface area contributed by atoms with Gasteiger partial charge in [-0.05, 0) is 48.6 Å². The molecule has 0 saturated carbocycles. The number of likely N-dealkylation sites (tertiary alicyclic amines) is 1. The zero-order chi connectivity index (χ0) is 17.8. The summed E-state index contributed by atoms with van der Waals surface area (Å²) in [4.78, 5) is 28.4. The molecule has 0 aliphatic carbocycles. The minimum Gasteiger partial charge on any atom is -0.467 e. The van der Waals surface area contributed by atoms with Gasteiger partial charge in [-0.25, -0.2) is 0 Å². The van der Waals surface area contributed by atoms with Crippen LogP contribution in [0.25, 0.3) is 0 Å². The number of amides is 2. The molecule has 3 rings (SSSR count). The third-order valence-corrected chi connectivity index (χ3v) is 5.23. The topological polar surface area (TPSA) is 65.8 Å². The molecule has 1 aliphatic rings. The second-order valence-electron chi connectivity index (χ2n) is 6.54. The Morgan fingerprint density at radius 3 is 2.96 bits per heavy atom. The lowest BCUT2D eigenvalue weighted by atomic mass is 10.1. The third-order valence-electron chi connectivity index (χ3n) is 4.53. The summed E-state index contributed by atoms with van der Waals surface area (Å²) in [5.74, 6) is 0.378. The number of furan rings is 1. The standard InChI is InChI=1S/C18H23N3O3S/c1-20(2)16(13-5-7-25-12-13)9-19-18(23)14-8-17(22)21(10-14)11-15-4-3-6-24-15/h3-7,12,14,16H,8-11H2,1-2H3,(H,19,23)/t14-,16+/m0/s1. The molecule has 2 aromatic rings. The number of nitrogens with zero attached hydrogens (tertiary/aromatic N) is 2. The number of rotatable bonds is 7. The molecule has 134 valence electrons. The molecule has 1 saturated heterocycles. The van der Waals surface area contributed by atoms with Gasteiger partial charge in [-0.2, -0.15) is 11.3 Å². The van der Waals surface area contributed by atoms with Gasteiger partial charge in [0.05, 0.1) is 24.8 Å². The fraction of sp³-hybridized carbons (Fsp3) is 0.444. The Morgan fingerprint density at radius 2 is 2.32 bits per heavy atom. The van der Waals surface area contributed by atoms with Gasteiger partial charge in [-0.15, -0.1) is 0 Å². The van der Waals surface area contributed by atoms with Crippen molar-refractivity contribution in [1.29, 1.82) is 0 Å². The number of carbonyl (C=O) groups excluding carboxylic acids is 2. The van der Waals surface area contributed by atoms with E-state index in [1.54, 1.807) is 28.6 Å². The average molecular weight is 361 g/mol. The van der Waals surface area contributed by atoms with Gasteiger partial charge in [0.15, 0.2) is 0 Å². The number of thiophene rings is 1. The second-order valence-corrected chi connectivity index (χ2v) is 7.32. The van der Waals surface area contributed by atoms with Crippen molar-refractivity contribution >= 4 is 23.2 Å². The molecule has 7 heteroatoms. The van der Waals surface area contributed by atoms with Gasteiger partial charge in [0, 0.05) is 19.5 Å². The zero-order valence-corrected chi connectivity index (χ0v) is 15.3. The number of nitrogens with one attached hydrogen (secondary N) is 1. The quantitative estimate of drug-likeness (QED) is 0.820. The van der Waals surface area contributed by atoms with E-state index in [0.29, 0.717) is 19.6 Å². The normalized spacial score (nSPS) is 18.8. The van der Waals surface area contributed by atoms with Crippen molar-refractivity contribution in [3.8, 4) is 0 Å². The van der Waals surface area contributed by atoms with Crippen molar-refractivity contribution < 1.29 is 14.0 Å². The third kappa shape index (κ3) is 4.29. The first-order chi connectivity index (χ1) is 12.0. The average Bonchev–Trinajstić information content (AvgIpc) is 3.31. The van der Waals surface area contributed by atoms with Crippen LogP contribution in [0.15, 0.2) is 39.6 Å². The number of hydrogen-bond acceptors (Lipinski definition) is 5. The van der Waals surface area contributed by atoms with E-state index < -0.39 is 0 Å². The summed E-state index contributed by atoms with van der Waals surface area (Å²) in [7, 11) is 4.00. The smallest absolute Gasteiger partial charge is 0.225 e. The highest BCUT2D eigenvalue weighted by atomic mass is 32.1. The molecule has 25 heavy (non-hydrogen) atoms. The fourth-order valence-electron chi connectivity index (χ4n) is 3.10. The van der Waals surface area contributed by atoms with Crippen LogP contribution in [0.4, 0.5) is 0 Å². The predicted octanol–water partition coefficient (Wildman–Crippen LogP) is 2.11. The van der Waals surface area contributed by atoms with Crippen molar-refractivity contribution in [2.45, 2.75) is 19.0 Å². The summed E-state index contributed by atoms with van der Waals surface area (Å²) >= 11 is 1.65. The maximum absolute atomic E-state index is 12.5. The van der Waals surface area contributed by atoms with E-state index >= 15 is 0 Å². The molecule has 3 heterocycles. The van der Waals surface area contributed by atoms with Crippen LogP contribution in [-0.2, 0) is 16.1 Å². The van der Waals surface area contributed by atoms with Gasteiger partial charge >= 0.3 is 0 Å². The van der Waals surface area contributed by atoms with Crippen LogP contribution >= 0.6 is 11.3 Å². The van der Waals surface area contributed by atoms with Crippen LogP contribution in [-0.4, -0.2) is 48.8 Å². The number of hydrogen-bond donors (Lipinski definition) is 1. The maximum atomic E-state index is 12.5. The van der Waals surface area contributed by atoms with Gasteiger partial charge in [-0.3, -0.25) is 9.59 Å². The number of carbonyl (C=O) groups is 2. The van der Waals surface area contributed by atoms with Crippen molar-refractivity contribution in [1.82, 2.24) is 15.1 Å². The molecule has 0 spiro atoms. The predicted molar refractivity (Wildman–Crippen MR) is 96.0 cm³/mol. The minimum atomic E-state index is -0.298. The number of likely N-dealkylation sites (N-methyl/N-ethyl adjacent to an activating group) is 1. The summed E-state index contributed by atoms with van der Waals surface area (Å²) < 4.78 is 5.29. The van der Waals surface area contributed by atoms with Crippen LogP contribution in [0, 0.1) is 5.92 Å². The van der Waals surface area contributed by atoms with Gasteiger partial charge in [0.2, 0.25) is 11.8 Å². The molecule has 1 aliphatic heterocycles. The van der Waals surface area contributed by atoms with E-state index in [9.17, 15) is 9.59 Å². The Kier molecular flexibility index (Phi) is 5.55. The van der Waals surface area contributed by atoms with Gasteiger partial charge < -0.3 is 19.5 Å². The van der Waals surface area contributed by atoms with E-state index in [0.717, 1.165) is 5.76 Å². The molecule has 1 N–H and O–H groups in total. The Labute approximate surface area is 151 Å². The van der Waals surface area contributed by atoms with Gasteiger partial charge in [0.25, 0.3) is 0 Å². The molecular weight excluding hydrogens is 338 g/mol. The lowest BCUT2D eigenvalue weighted by Crippen LogP contribution is -2.38. The van der Waals surface area contributed by atoms with E-state index in [-0.39, 0.29) is 30.2 Å². The lowest BCUT2D eigenvalue weighted by Gasteiger charge is -2.24. The molecule has 0 radical (unpaired) electrons. The zero-order valence-electron chi connectivity index (χ0n) is 14.5. The van der Waals surface area contributed by atoms with Crippen LogP contribution in [0.1, 0.15) is 23.8 Å². The highest BCUT2D eigenvalue weighted by molar-refractivity contribution is 7.07. The van der Waals surface area contributed by atoms with Crippen molar-refractivity contribution in [2.24, 2.45) is 5.92 Å². The SMILES string of the molecule is CN(C)[C@H](CNC(=O)[C@H]1CC(=O)N(Cc2ccco2)C1)c1ccsc1. The summed E-state index contributed by atoms with van der Waals surface area (Å²) in [5.41, 5.74) is 1.19. The van der Waals surface area contributed by atoms with Crippen LogP contribution in [0.5, 0.6) is 0 Å². The fourth-order valence-corrected chi connectivity index (χ4v) is 3.80. The lowest BCUT2D eigenvalue weighted by molar-refractivity contribution is -0.129. The molecule has 1 fully saturated rings. The molecule has 6 nitrogen and oxygen atoms in total. The second kappa shape index (κ2) is 7.84. The Morgan fingerprint density at radius 1 is 1.48 bits per heavy atom.